The van der Waals surface area contributed by atoms with Crippen LogP contribution in [-0.2, 0) is 0 Å². The number of nitrogens with zero attached hydrogens (tertiary/aromatic N) is 3. The highest BCUT2D eigenvalue weighted by atomic mass is 32.1. The van der Waals surface area contributed by atoms with Gasteiger partial charge in [-0.2, -0.15) is 5.11 Å². The van der Waals surface area contributed by atoms with Gasteiger partial charge >= 0.3 is 0 Å². The van der Waals surface area contributed by atoms with Crippen molar-refractivity contribution in [2.24, 2.45) is 10.2 Å². The van der Waals surface area contributed by atoms with Gasteiger partial charge in [-0.15, -0.1) is 16.5 Å². The van der Waals surface area contributed by atoms with Crippen LogP contribution >= 0.6 is 11.3 Å². The maximum absolute atomic E-state index is 4.35. The molecule has 1 N–H and O–H groups in total. The summed E-state index contributed by atoms with van der Waals surface area (Å²) in [5.41, 5.74) is 1.89. The van der Waals surface area contributed by atoms with E-state index in [2.05, 4.69) is 26.3 Å². The third-order valence-electron chi connectivity index (χ3n) is 2.66. The van der Waals surface area contributed by atoms with Gasteiger partial charge in [0.15, 0.2) is 0 Å². The number of imidazole rings is 1. The van der Waals surface area contributed by atoms with E-state index in [0.717, 1.165) is 11.0 Å². The lowest BCUT2D eigenvalue weighted by Crippen LogP contribution is -1.82. The smallest absolute Gasteiger partial charge is 0.247 e. The third kappa shape index (κ3) is 2.17. The van der Waals surface area contributed by atoms with Crippen molar-refractivity contribution in [3.8, 4) is 0 Å². The van der Waals surface area contributed by atoms with Crippen molar-refractivity contribution in [3.63, 3.8) is 0 Å². The molecule has 0 fully saturated rings. The van der Waals surface area contributed by atoms with Gasteiger partial charge in [0.1, 0.15) is 6.04 Å². The summed E-state index contributed by atoms with van der Waals surface area (Å²) in [5.74, 6) is 0.555. The monoisotopic (exact) mass is 256 g/mol. The number of H-pyrrole nitrogens is 1. The van der Waals surface area contributed by atoms with Gasteiger partial charge in [0.25, 0.3) is 0 Å². The largest absolute Gasteiger partial charge is 0.321 e. The average Bonchev–Trinajstić information content (AvgIpc) is 3.04. The molecule has 2 heterocycles. The molecule has 0 aliphatic heterocycles. The Morgan fingerprint density at radius 3 is 2.89 bits per heavy atom. The van der Waals surface area contributed by atoms with E-state index in [0.29, 0.717) is 5.95 Å². The molecule has 5 heteroatoms. The number of para-hydroxylation sites is 2. The van der Waals surface area contributed by atoms with E-state index >= 15 is 0 Å². The van der Waals surface area contributed by atoms with Crippen molar-refractivity contribution in [1.29, 1.82) is 0 Å². The Labute approximate surface area is 108 Å². The Bertz CT molecular complexity index is 636. The second-order valence-electron chi connectivity index (χ2n) is 3.98. The summed E-state index contributed by atoms with van der Waals surface area (Å²) in [7, 11) is 0. The van der Waals surface area contributed by atoms with Crippen molar-refractivity contribution >= 4 is 28.3 Å². The lowest BCUT2D eigenvalue weighted by atomic mass is 10.3. The number of aromatic nitrogens is 2. The van der Waals surface area contributed by atoms with Gasteiger partial charge < -0.3 is 4.98 Å². The molecule has 1 aromatic carbocycles. The molecule has 1 atom stereocenters. The molecule has 3 rings (SSSR count). The van der Waals surface area contributed by atoms with E-state index in [-0.39, 0.29) is 6.04 Å². The van der Waals surface area contributed by atoms with Crippen LogP contribution in [0.5, 0.6) is 0 Å². The van der Waals surface area contributed by atoms with E-state index in [9.17, 15) is 0 Å². The predicted molar refractivity (Wildman–Crippen MR) is 73.3 cm³/mol. The summed E-state index contributed by atoms with van der Waals surface area (Å²) >= 11 is 1.69. The molecule has 3 aromatic rings. The molecular formula is C13H12N4S. The number of hydrogen-bond acceptors (Lipinski definition) is 4. The molecule has 1 unspecified atom stereocenters. The molecule has 4 nitrogen and oxygen atoms in total. The van der Waals surface area contributed by atoms with Crippen molar-refractivity contribution in [1.82, 2.24) is 9.97 Å². The van der Waals surface area contributed by atoms with E-state index in [1.54, 1.807) is 11.3 Å². The number of rotatable bonds is 3. The van der Waals surface area contributed by atoms with E-state index < -0.39 is 0 Å². The number of hydrogen-bond donors (Lipinski definition) is 1. The fraction of sp³-hybridized carbons (Fsp3) is 0.154. The van der Waals surface area contributed by atoms with E-state index in [1.165, 1.54) is 4.88 Å². The molecule has 0 aliphatic rings. The summed E-state index contributed by atoms with van der Waals surface area (Å²) in [6.07, 6.45) is 0. The minimum Gasteiger partial charge on any atom is -0.321 e. The van der Waals surface area contributed by atoms with Crippen LogP contribution in [0, 0.1) is 0 Å². The van der Waals surface area contributed by atoms with Crippen molar-refractivity contribution in [2.45, 2.75) is 13.0 Å². The van der Waals surface area contributed by atoms with Crippen LogP contribution in [0.1, 0.15) is 17.8 Å². The fourth-order valence-corrected chi connectivity index (χ4v) is 2.43. The third-order valence-corrected chi connectivity index (χ3v) is 3.70. The highest BCUT2D eigenvalue weighted by molar-refractivity contribution is 7.10. The Hall–Kier alpha value is -2.01. The van der Waals surface area contributed by atoms with Gasteiger partial charge in [-0.05, 0) is 30.5 Å². The first-order valence-electron chi connectivity index (χ1n) is 5.72. The summed E-state index contributed by atoms with van der Waals surface area (Å²) in [6.45, 7) is 2.03. The Morgan fingerprint density at radius 2 is 2.11 bits per heavy atom. The highest BCUT2D eigenvalue weighted by Gasteiger charge is 2.05. The van der Waals surface area contributed by atoms with Crippen LogP contribution in [0.3, 0.4) is 0 Å². The quantitative estimate of drug-likeness (QED) is 0.690. The van der Waals surface area contributed by atoms with Gasteiger partial charge in [0.2, 0.25) is 5.95 Å². The lowest BCUT2D eigenvalue weighted by molar-refractivity contribution is 0.773. The molecule has 0 amide bonds. The van der Waals surface area contributed by atoms with Crippen molar-refractivity contribution in [2.75, 3.05) is 0 Å². The molecule has 2 aromatic heterocycles. The van der Waals surface area contributed by atoms with Gasteiger partial charge in [-0.25, -0.2) is 4.98 Å². The first kappa shape index (κ1) is 11.1. The number of thiophene rings is 1. The maximum Gasteiger partial charge on any atom is 0.247 e. The van der Waals surface area contributed by atoms with Gasteiger partial charge in [0, 0.05) is 4.88 Å². The summed E-state index contributed by atoms with van der Waals surface area (Å²) in [4.78, 5) is 8.69. The van der Waals surface area contributed by atoms with Crippen LogP contribution in [0.25, 0.3) is 11.0 Å². The van der Waals surface area contributed by atoms with Gasteiger partial charge in [-0.3, -0.25) is 0 Å². The van der Waals surface area contributed by atoms with Crippen LogP contribution in [0.2, 0.25) is 0 Å². The summed E-state index contributed by atoms with van der Waals surface area (Å²) in [6, 6.07) is 12.0. The first-order chi connectivity index (χ1) is 8.83. The zero-order chi connectivity index (χ0) is 12.4. The Kier molecular flexibility index (Phi) is 2.90. The predicted octanol–water partition coefficient (Wildman–Crippen LogP) is 4.47. The molecular weight excluding hydrogens is 244 g/mol. The van der Waals surface area contributed by atoms with Gasteiger partial charge in [-0.1, -0.05) is 18.2 Å². The van der Waals surface area contributed by atoms with E-state index in [1.807, 2.05) is 42.6 Å². The van der Waals surface area contributed by atoms with Crippen LogP contribution < -0.4 is 0 Å². The minimum absolute atomic E-state index is 0.0678. The second-order valence-corrected chi connectivity index (χ2v) is 4.96. The Morgan fingerprint density at radius 1 is 1.22 bits per heavy atom. The zero-order valence-corrected chi connectivity index (χ0v) is 10.7. The minimum atomic E-state index is 0.0678. The molecule has 90 valence electrons. The number of azo groups is 1. The van der Waals surface area contributed by atoms with Gasteiger partial charge in [0.05, 0.1) is 11.0 Å². The van der Waals surface area contributed by atoms with Crippen molar-refractivity contribution in [3.05, 3.63) is 46.7 Å². The number of aromatic amines is 1. The topological polar surface area (TPSA) is 53.4 Å². The second kappa shape index (κ2) is 4.70. The summed E-state index contributed by atoms with van der Waals surface area (Å²) < 4.78 is 0. The number of benzene rings is 1. The lowest BCUT2D eigenvalue weighted by Gasteiger charge is -1.98. The first-order valence-corrected chi connectivity index (χ1v) is 6.60. The maximum atomic E-state index is 4.35. The fourth-order valence-electron chi connectivity index (χ4n) is 1.71. The number of fused-ring (bicyclic) bond motifs is 1. The molecule has 18 heavy (non-hydrogen) atoms. The normalized spacial score (nSPS) is 13.4. The molecule has 0 aliphatic carbocycles. The van der Waals surface area contributed by atoms with Crippen LogP contribution in [0.4, 0.5) is 5.95 Å². The highest BCUT2D eigenvalue weighted by Crippen LogP contribution is 2.24. The zero-order valence-electron chi connectivity index (χ0n) is 9.87. The molecule has 0 saturated carbocycles. The Balaban J connectivity index is 1.83. The molecule has 0 saturated heterocycles. The summed E-state index contributed by atoms with van der Waals surface area (Å²) in [5, 5.41) is 10.5. The molecule has 0 spiro atoms. The number of nitrogens with one attached hydrogen (secondary N) is 1. The van der Waals surface area contributed by atoms with E-state index in [4.69, 9.17) is 0 Å². The standard InChI is InChI=1S/C13H12N4S/c1-9(12-7-4-8-18-12)16-17-13-14-10-5-2-3-6-11(10)15-13/h2-9H,1H3,(H,14,15). The average molecular weight is 256 g/mol. The molecule has 0 bridgehead atoms. The van der Waals surface area contributed by atoms with Crippen molar-refractivity contribution < 1.29 is 0 Å². The SMILES string of the molecule is CC(N=Nc1nc2ccccc2[nH]1)c1cccs1. The van der Waals surface area contributed by atoms with Crippen LogP contribution in [-0.4, -0.2) is 9.97 Å². The van der Waals surface area contributed by atoms with Crippen LogP contribution in [0.15, 0.2) is 52.0 Å². The molecule has 0 radical (unpaired) electrons.